The zero-order valence-electron chi connectivity index (χ0n) is 13.3. The van der Waals surface area contributed by atoms with Crippen molar-refractivity contribution in [2.24, 2.45) is 0 Å². The third-order valence-corrected chi connectivity index (χ3v) is 4.38. The van der Waals surface area contributed by atoms with Gasteiger partial charge in [0.15, 0.2) is 0 Å². The second-order valence-electron chi connectivity index (χ2n) is 6.15. The molecular weight excluding hydrogens is 278 g/mol. The molecule has 2 heterocycles. The maximum Gasteiger partial charge on any atom is 0.253 e. The summed E-state index contributed by atoms with van der Waals surface area (Å²) < 4.78 is 5.56. The molecule has 5 nitrogen and oxygen atoms in total. The van der Waals surface area contributed by atoms with Crippen molar-refractivity contribution >= 4 is 5.91 Å². The maximum absolute atomic E-state index is 12.4. The molecule has 3 rings (SSSR count). The molecule has 1 atom stereocenters. The first kappa shape index (κ1) is 15.5. The van der Waals surface area contributed by atoms with E-state index < -0.39 is 0 Å². The van der Waals surface area contributed by atoms with Crippen LogP contribution in [0.5, 0.6) is 0 Å². The summed E-state index contributed by atoms with van der Waals surface area (Å²) in [7, 11) is 0. The highest BCUT2D eigenvalue weighted by Gasteiger charge is 2.29. The number of nitrogens with one attached hydrogen (secondary N) is 1. The van der Waals surface area contributed by atoms with E-state index >= 15 is 0 Å². The number of ether oxygens (including phenoxy) is 1. The molecule has 0 aromatic heterocycles. The molecule has 0 spiro atoms. The molecule has 1 aromatic carbocycles. The molecule has 2 aliphatic heterocycles. The molecular formula is C17H25N3O2. The van der Waals surface area contributed by atoms with Crippen molar-refractivity contribution in [3.63, 3.8) is 0 Å². The molecule has 0 radical (unpaired) electrons. The summed E-state index contributed by atoms with van der Waals surface area (Å²) in [4.78, 5) is 16.8. The third-order valence-electron chi connectivity index (χ3n) is 4.38. The van der Waals surface area contributed by atoms with Crippen molar-refractivity contribution in [3.05, 3.63) is 35.4 Å². The van der Waals surface area contributed by atoms with E-state index in [1.165, 1.54) is 11.1 Å². The van der Waals surface area contributed by atoms with Gasteiger partial charge in [-0.05, 0) is 12.5 Å². The number of benzene rings is 1. The number of aryl methyl sites for hydroxylation is 1. The van der Waals surface area contributed by atoms with Crippen LogP contribution in [0.4, 0.5) is 0 Å². The maximum atomic E-state index is 12.4. The number of amides is 1. The van der Waals surface area contributed by atoms with Gasteiger partial charge in [0.25, 0.3) is 5.91 Å². The molecule has 1 aromatic rings. The van der Waals surface area contributed by atoms with Crippen LogP contribution < -0.4 is 5.32 Å². The quantitative estimate of drug-likeness (QED) is 0.889. The number of carbonyl (C=O) groups excluding carboxylic acids is 1. The lowest BCUT2D eigenvalue weighted by molar-refractivity contribution is -0.147. The minimum Gasteiger partial charge on any atom is -0.366 e. The van der Waals surface area contributed by atoms with Crippen LogP contribution >= 0.6 is 0 Å². The van der Waals surface area contributed by atoms with E-state index in [1.807, 2.05) is 4.90 Å². The molecule has 1 amide bonds. The van der Waals surface area contributed by atoms with E-state index in [4.69, 9.17) is 4.74 Å². The summed E-state index contributed by atoms with van der Waals surface area (Å²) in [6.07, 6.45) is -0.294. The normalized spacial score (nSPS) is 23.5. The van der Waals surface area contributed by atoms with Crippen LogP contribution in [0.25, 0.3) is 0 Å². The van der Waals surface area contributed by atoms with Crippen LogP contribution in [0, 0.1) is 6.92 Å². The Kier molecular flexibility index (Phi) is 5.08. The molecule has 0 bridgehead atoms. The molecule has 2 aliphatic rings. The van der Waals surface area contributed by atoms with Gasteiger partial charge in [-0.25, -0.2) is 0 Å². The Balaban J connectivity index is 1.48. The molecule has 1 N–H and O–H groups in total. The van der Waals surface area contributed by atoms with Crippen LogP contribution in [-0.2, 0) is 16.1 Å². The molecule has 2 fully saturated rings. The van der Waals surface area contributed by atoms with Crippen LogP contribution in [0.3, 0.4) is 0 Å². The lowest BCUT2D eigenvalue weighted by Gasteiger charge is -2.37. The predicted octanol–water partition coefficient (Wildman–Crippen LogP) is 0.628. The summed E-state index contributed by atoms with van der Waals surface area (Å²) in [6.45, 7) is 8.65. The van der Waals surface area contributed by atoms with Gasteiger partial charge in [-0.15, -0.1) is 0 Å². The number of nitrogens with zero attached hydrogens (tertiary/aromatic N) is 2. The number of carbonyl (C=O) groups is 1. The molecule has 120 valence electrons. The Labute approximate surface area is 132 Å². The lowest BCUT2D eigenvalue weighted by atomic mass is 10.1. The van der Waals surface area contributed by atoms with Crippen LogP contribution in [-0.4, -0.2) is 67.7 Å². The van der Waals surface area contributed by atoms with Crippen LogP contribution in [0.2, 0.25) is 0 Å². The lowest BCUT2D eigenvalue weighted by Crippen LogP contribution is -2.54. The second-order valence-corrected chi connectivity index (χ2v) is 6.15. The summed E-state index contributed by atoms with van der Waals surface area (Å²) in [6, 6.07) is 8.64. The fourth-order valence-corrected chi connectivity index (χ4v) is 3.12. The number of hydrogen-bond acceptors (Lipinski definition) is 4. The van der Waals surface area contributed by atoms with Crippen LogP contribution in [0.15, 0.2) is 24.3 Å². The Morgan fingerprint density at radius 1 is 1.32 bits per heavy atom. The van der Waals surface area contributed by atoms with Crippen LogP contribution in [0.1, 0.15) is 11.1 Å². The molecule has 0 aliphatic carbocycles. The minimum absolute atomic E-state index is 0.141. The topological polar surface area (TPSA) is 44.8 Å². The van der Waals surface area contributed by atoms with E-state index in [0.717, 1.165) is 39.3 Å². The Bertz CT molecular complexity index is 506. The Morgan fingerprint density at radius 2 is 2.14 bits per heavy atom. The van der Waals surface area contributed by atoms with Gasteiger partial charge in [-0.2, -0.15) is 0 Å². The SMILES string of the molecule is Cc1cccc(CN2CCN(C(=O)[C@H]3CNCCO3)CC2)c1. The van der Waals surface area contributed by atoms with Gasteiger partial charge in [0.1, 0.15) is 6.10 Å². The minimum atomic E-state index is -0.294. The molecule has 5 heteroatoms. The number of rotatable bonds is 3. The summed E-state index contributed by atoms with van der Waals surface area (Å²) in [5.74, 6) is 0.141. The van der Waals surface area contributed by atoms with E-state index in [-0.39, 0.29) is 12.0 Å². The van der Waals surface area contributed by atoms with Crippen molar-refractivity contribution < 1.29 is 9.53 Å². The zero-order chi connectivity index (χ0) is 15.4. The first-order valence-corrected chi connectivity index (χ1v) is 8.11. The van der Waals surface area contributed by atoms with Gasteiger partial charge >= 0.3 is 0 Å². The summed E-state index contributed by atoms with van der Waals surface area (Å²) in [5, 5.41) is 3.22. The zero-order valence-corrected chi connectivity index (χ0v) is 13.3. The van der Waals surface area contributed by atoms with Gasteiger partial charge in [0.2, 0.25) is 0 Å². The fraction of sp³-hybridized carbons (Fsp3) is 0.588. The van der Waals surface area contributed by atoms with Crippen molar-refractivity contribution in [1.29, 1.82) is 0 Å². The van der Waals surface area contributed by atoms with Crippen molar-refractivity contribution in [3.8, 4) is 0 Å². The van der Waals surface area contributed by atoms with E-state index in [0.29, 0.717) is 13.2 Å². The predicted molar refractivity (Wildman–Crippen MR) is 85.6 cm³/mol. The first-order chi connectivity index (χ1) is 10.7. The largest absolute Gasteiger partial charge is 0.366 e. The van der Waals surface area contributed by atoms with E-state index in [9.17, 15) is 4.79 Å². The number of morpholine rings is 1. The molecule has 2 saturated heterocycles. The van der Waals surface area contributed by atoms with Gasteiger partial charge in [-0.3, -0.25) is 9.69 Å². The first-order valence-electron chi connectivity index (χ1n) is 8.11. The highest BCUT2D eigenvalue weighted by molar-refractivity contribution is 5.81. The van der Waals surface area contributed by atoms with Crippen molar-refractivity contribution in [2.75, 3.05) is 45.9 Å². The summed E-state index contributed by atoms with van der Waals surface area (Å²) >= 11 is 0. The van der Waals surface area contributed by atoms with Gasteiger partial charge in [0.05, 0.1) is 6.61 Å². The van der Waals surface area contributed by atoms with E-state index in [1.54, 1.807) is 0 Å². The third kappa shape index (κ3) is 3.85. The summed E-state index contributed by atoms with van der Waals surface area (Å²) in [5.41, 5.74) is 2.65. The molecule has 0 saturated carbocycles. The average Bonchev–Trinajstić information content (AvgIpc) is 2.56. The van der Waals surface area contributed by atoms with Gasteiger partial charge < -0.3 is 15.0 Å². The average molecular weight is 303 g/mol. The highest BCUT2D eigenvalue weighted by atomic mass is 16.5. The Morgan fingerprint density at radius 3 is 2.82 bits per heavy atom. The fourth-order valence-electron chi connectivity index (χ4n) is 3.12. The van der Waals surface area contributed by atoms with Gasteiger partial charge in [0, 0.05) is 45.8 Å². The number of hydrogen-bond donors (Lipinski definition) is 1. The molecule has 0 unspecified atom stereocenters. The second kappa shape index (κ2) is 7.22. The van der Waals surface area contributed by atoms with Crippen molar-refractivity contribution in [1.82, 2.24) is 15.1 Å². The van der Waals surface area contributed by atoms with E-state index in [2.05, 4.69) is 41.4 Å². The highest BCUT2D eigenvalue weighted by Crippen LogP contribution is 2.12. The molecule has 22 heavy (non-hydrogen) atoms. The van der Waals surface area contributed by atoms with Crippen molar-refractivity contribution in [2.45, 2.75) is 19.6 Å². The Hall–Kier alpha value is -1.43. The monoisotopic (exact) mass is 303 g/mol. The number of piperazine rings is 1. The standard InChI is InChI=1S/C17H25N3O2/c1-14-3-2-4-15(11-14)13-19-6-8-20(9-7-19)17(21)16-12-18-5-10-22-16/h2-4,11,16,18H,5-10,12-13H2,1H3/t16-/m1/s1. The van der Waals surface area contributed by atoms with Gasteiger partial charge in [-0.1, -0.05) is 29.8 Å². The smallest absolute Gasteiger partial charge is 0.253 e.